The molecule has 3 nitrogen and oxygen atoms in total. The number of halogens is 3. The number of H-pyrrole nitrogens is 1. The SMILES string of the molecule is Cc1ccc(-c2c(C)[nH]c(=O)c(Br)c2OCc2ccc(F)cc2F)cc1. The van der Waals surface area contributed by atoms with Crippen molar-refractivity contribution in [2.75, 3.05) is 0 Å². The maximum atomic E-state index is 13.9. The maximum Gasteiger partial charge on any atom is 0.266 e. The first-order chi connectivity index (χ1) is 12.4. The third-order valence-electron chi connectivity index (χ3n) is 4.03. The Labute approximate surface area is 157 Å². The normalized spacial score (nSPS) is 10.8. The molecule has 0 unspecified atom stereocenters. The quantitative estimate of drug-likeness (QED) is 0.624. The molecule has 3 aromatic rings. The highest BCUT2D eigenvalue weighted by Crippen LogP contribution is 2.36. The van der Waals surface area contributed by atoms with Gasteiger partial charge in [-0.2, -0.15) is 0 Å². The lowest BCUT2D eigenvalue weighted by molar-refractivity contribution is 0.298. The van der Waals surface area contributed by atoms with E-state index < -0.39 is 11.6 Å². The first-order valence-corrected chi connectivity index (χ1v) is 8.72. The molecule has 6 heteroatoms. The van der Waals surface area contributed by atoms with Crippen LogP contribution in [0.1, 0.15) is 16.8 Å². The van der Waals surface area contributed by atoms with Crippen molar-refractivity contribution >= 4 is 15.9 Å². The van der Waals surface area contributed by atoms with Crippen molar-refractivity contribution in [3.05, 3.63) is 85.7 Å². The summed E-state index contributed by atoms with van der Waals surface area (Å²) in [5, 5.41) is 0. The van der Waals surface area contributed by atoms with Gasteiger partial charge < -0.3 is 9.72 Å². The Morgan fingerprint density at radius 2 is 1.77 bits per heavy atom. The molecule has 0 saturated heterocycles. The molecule has 0 spiro atoms. The zero-order chi connectivity index (χ0) is 18.8. The number of hydrogen-bond donors (Lipinski definition) is 1. The van der Waals surface area contributed by atoms with Crippen LogP contribution in [0, 0.1) is 25.5 Å². The summed E-state index contributed by atoms with van der Waals surface area (Å²) in [6, 6.07) is 11.1. The van der Waals surface area contributed by atoms with Gasteiger partial charge in [0.1, 0.15) is 28.5 Å². The molecule has 0 bridgehead atoms. The predicted molar refractivity (Wildman–Crippen MR) is 100 cm³/mol. The Kier molecular flexibility index (Phi) is 5.23. The molecule has 0 aliphatic heterocycles. The van der Waals surface area contributed by atoms with Crippen molar-refractivity contribution < 1.29 is 13.5 Å². The van der Waals surface area contributed by atoms with E-state index in [0.717, 1.165) is 17.2 Å². The second-order valence-electron chi connectivity index (χ2n) is 5.99. The molecular formula is C20H16BrF2NO2. The van der Waals surface area contributed by atoms with Crippen molar-refractivity contribution in [3.8, 4) is 16.9 Å². The van der Waals surface area contributed by atoms with Crippen LogP contribution < -0.4 is 10.3 Å². The highest BCUT2D eigenvalue weighted by molar-refractivity contribution is 9.10. The summed E-state index contributed by atoms with van der Waals surface area (Å²) in [5.74, 6) is -1.03. The molecule has 0 saturated carbocycles. The van der Waals surface area contributed by atoms with Crippen LogP contribution in [0.4, 0.5) is 8.78 Å². The average molecular weight is 420 g/mol. The average Bonchev–Trinajstić information content (AvgIpc) is 2.59. The van der Waals surface area contributed by atoms with Crippen molar-refractivity contribution in [1.82, 2.24) is 4.98 Å². The summed E-state index contributed by atoms with van der Waals surface area (Å²) < 4.78 is 33.0. The van der Waals surface area contributed by atoms with Crippen molar-refractivity contribution in [3.63, 3.8) is 0 Å². The van der Waals surface area contributed by atoms with Crippen LogP contribution in [0.2, 0.25) is 0 Å². The summed E-state index contributed by atoms with van der Waals surface area (Å²) in [7, 11) is 0. The number of pyridine rings is 1. The first kappa shape index (κ1) is 18.3. The molecule has 1 aromatic heterocycles. The van der Waals surface area contributed by atoms with E-state index in [4.69, 9.17) is 4.74 Å². The number of aromatic amines is 1. The topological polar surface area (TPSA) is 42.1 Å². The van der Waals surface area contributed by atoms with E-state index in [9.17, 15) is 13.6 Å². The second kappa shape index (κ2) is 7.41. The highest BCUT2D eigenvalue weighted by Gasteiger charge is 2.18. The number of aryl methyl sites for hydroxylation is 2. The number of aromatic nitrogens is 1. The van der Waals surface area contributed by atoms with E-state index in [0.29, 0.717) is 17.0 Å². The van der Waals surface area contributed by atoms with Gasteiger partial charge in [-0.1, -0.05) is 29.8 Å². The Hall–Kier alpha value is -2.47. The van der Waals surface area contributed by atoms with E-state index >= 15 is 0 Å². The zero-order valence-electron chi connectivity index (χ0n) is 14.2. The maximum absolute atomic E-state index is 13.9. The van der Waals surface area contributed by atoms with Crippen molar-refractivity contribution in [1.29, 1.82) is 0 Å². The van der Waals surface area contributed by atoms with E-state index in [2.05, 4.69) is 20.9 Å². The van der Waals surface area contributed by atoms with Crippen molar-refractivity contribution in [2.24, 2.45) is 0 Å². The van der Waals surface area contributed by atoms with Crippen LogP contribution >= 0.6 is 15.9 Å². The van der Waals surface area contributed by atoms with E-state index in [1.165, 1.54) is 12.1 Å². The first-order valence-electron chi connectivity index (χ1n) is 7.93. The Bertz CT molecular complexity index is 1010. The highest BCUT2D eigenvalue weighted by atomic mass is 79.9. The summed E-state index contributed by atoms with van der Waals surface area (Å²) in [6.07, 6.45) is 0. The molecule has 0 radical (unpaired) electrons. The molecule has 1 N–H and O–H groups in total. The largest absolute Gasteiger partial charge is 0.487 e. The number of ether oxygens (including phenoxy) is 1. The fraction of sp³-hybridized carbons (Fsp3) is 0.150. The van der Waals surface area contributed by atoms with Crippen LogP contribution in [0.25, 0.3) is 11.1 Å². The third-order valence-corrected chi connectivity index (χ3v) is 4.75. The fourth-order valence-corrected chi connectivity index (χ4v) is 3.07. The monoisotopic (exact) mass is 419 g/mol. The minimum atomic E-state index is -0.695. The zero-order valence-corrected chi connectivity index (χ0v) is 15.8. The van der Waals surface area contributed by atoms with Gasteiger partial charge in [0.2, 0.25) is 0 Å². The fourth-order valence-electron chi connectivity index (χ4n) is 2.66. The lowest BCUT2D eigenvalue weighted by atomic mass is 10.0. The van der Waals surface area contributed by atoms with E-state index in [-0.39, 0.29) is 22.2 Å². The summed E-state index contributed by atoms with van der Waals surface area (Å²) >= 11 is 3.26. The van der Waals surface area contributed by atoms with Gasteiger partial charge in [-0.3, -0.25) is 4.79 Å². The molecule has 26 heavy (non-hydrogen) atoms. The van der Waals surface area contributed by atoms with Crippen molar-refractivity contribution in [2.45, 2.75) is 20.5 Å². The summed E-state index contributed by atoms with van der Waals surface area (Å²) in [5.41, 5.74) is 3.17. The Morgan fingerprint density at radius 1 is 1.08 bits per heavy atom. The minimum absolute atomic E-state index is 0.132. The van der Waals surface area contributed by atoms with Crippen LogP contribution in [-0.2, 0) is 6.61 Å². The standard InChI is InChI=1S/C20H16BrF2NO2/c1-11-3-5-13(6-4-11)17-12(2)24-20(25)18(21)19(17)26-10-14-7-8-15(22)9-16(14)23/h3-9H,10H2,1-2H3,(H,24,25). The molecular weight excluding hydrogens is 404 g/mol. The minimum Gasteiger partial charge on any atom is -0.487 e. The molecule has 2 aromatic carbocycles. The molecule has 1 heterocycles. The van der Waals surface area contributed by atoms with Crippen LogP contribution in [0.3, 0.4) is 0 Å². The molecule has 0 amide bonds. The van der Waals surface area contributed by atoms with Gasteiger partial charge in [0.15, 0.2) is 0 Å². The van der Waals surface area contributed by atoms with Gasteiger partial charge in [0, 0.05) is 22.9 Å². The lowest BCUT2D eigenvalue weighted by Crippen LogP contribution is -2.13. The summed E-state index contributed by atoms with van der Waals surface area (Å²) in [6.45, 7) is 3.62. The van der Waals surface area contributed by atoms with E-state index in [1.807, 2.05) is 31.2 Å². The molecule has 0 aliphatic rings. The number of hydrogen-bond acceptors (Lipinski definition) is 2. The van der Waals surface area contributed by atoms with Crippen LogP contribution in [0.5, 0.6) is 5.75 Å². The molecule has 134 valence electrons. The van der Waals surface area contributed by atoms with Crippen LogP contribution in [-0.4, -0.2) is 4.98 Å². The van der Waals surface area contributed by atoms with Gasteiger partial charge >= 0.3 is 0 Å². The van der Waals surface area contributed by atoms with Gasteiger partial charge in [0.05, 0.1) is 0 Å². The number of rotatable bonds is 4. The summed E-state index contributed by atoms with van der Waals surface area (Å²) in [4.78, 5) is 14.9. The third kappa shape index (κ3) is 3.70. The second-order valence-corrected chi connectivity index (χ2v) is 6.78. The number of nitrogens with one attached hydrogen (secondary N) is 1. The lowest BCUT2D eigenvalue weighted by Gasteiger charge is -2.16. The van der Waals surface area contributed by atoms with Gasteiger partial charge in [-0.25, -0.2) is 8.78 Å². The van der Waals surface area contributed by atoms with Gasteiger partial charge in [-0.05, 0) is 47.5 Å². The molecule has 3 rings (SSSR count). The molecule has 0 aliphatic carbocycles. The Morgan fingerprint density at radius 3 is 2.42 bits per heavy atom. The van der Waals surface area contributed by atoms with E-state index in [1.54, 1.807) is 6.92 Å². The predicted octanol–water partition coefficient (Wildman–Crippen LogP) is 5.28. The van der Waals surface area contributed by atoms with Gasteiger partial charge in [-0.15, -0.1) is 0 Å². The van der Waals surface area contributed by atoms with Crippen LogP contribution in [0.15, 0.2) is 51.7 Å². The molecule has 0 fully saturated rings. The Balaban J connectivity index is 2.05. The van der Waals surface area contributed by atoms with Gasteiger partial charge in [0.25, 0.3) is 5.56 Å². The molecule has 0 atom stereocenters. The smallest absolute Gasteiger partial charge is 0.266 e. The number of benzene rings is 2.